The average molecular weight is 253 g/mol. The highest BCUT2D eigenvalue weighted by Gasteiger charge is 2.28. The summed E-state index contributed by atoms with van der Waals surface area (Å²) in [6.07, 6.45) is 0.925. The number of hydrogen-bond acceptors (Lipinski definition) is 4. The van der Waals surface area contributed by atoms with Crippen molar-refractivity contribution in [2.75, 3.05) is 19.7 Å². The van der Waals surface area contributed by atoms with Crippen molar-refractivity contribution < 1.29 is 23.8 Å². The Morgan fingerprint density at radius 1 is 1.56 bits per heavy atom. The summed E-state index contributed by atoms with van der Waals surface area (Å²) in [5, 5.41) is 8.72. The molecule has 1 atom stereocenters. The first kappa shape index (κ1) is 12.6. The molecule has 0 saturated carbocycles. The van der Waals surface area contributed by atoms with Crippen molar-refractivity contribution in [1.29, 1.82) is 0 Å². The van der Waals surface area contributed by atoms with Gasteiger partial charge in [0.2, 0.25) is 0 Å². The normalized spacial score (nSPS) is 19.8. The Labute approximate surface area is 104 Å². The lowest BCUT2D eigenvalue weighted by molar-refractivity contribution is -0.141. The molecule has 0 aliphatic carbocycles. The molecule has 1 saturated heterocycles. The summed E-state index contributed by atoms with van der Waals surface area (Å²) in [6.45, 7) is 2.88. The summed E-state index contributed by atoms with van der Waals surface area (Å²) in [7, 11) is 0. The molecule has 2 heterocycles. The average Bonchev–Trinajstić information content (AvgIpc) is 2.74. The second-order valence-corrected chi connectivity index (χ2v) is 4.27. The minimum absolute atomic E-state index is 0.0963. The van der Waals surface area contributed by atoms with Gasteiger partial charge < -0.3 is 19.2 Å². The van der Waals surface area contributed by atoms with Crippen molar-refractivity contribution in [3.05, 3.63) is 23.7 Å². The van der Waals surface area contributed by atoms with Crippen molar-refractivity contribution in [2.24, 2.45) is 0 Å². The van der Waals surface area contributed by atoms with E-state index >= 15 is 0 Å². The number of carbonyl (C=O) groups is 2. The molecule has 2 rings (SSSR count). The number of nitrogens with zero attached hydrogens (tertiary/aromatic N) is 1. The van der Waals surface area contributed by atoms with Crippen molar-refractivity contribution in [2.45, 2.75) is 19.4 Å². The zero-order chi connectivity index (χ0) is 13.1. The summed E-state index contributed by atoms with van der Waals surface area (Å²) in [5.41, 5.74) is 0.779. The Morgan fingerprint density at radius 2 is 2.33 bits per heavy atom. The van der Waals surface area contributed by atoms with Crippen LogP contribution in [0.5, 0.6) is 0 Å². The molecule has 1 aromatic rings. The Balaban J connectivity index is 2.03. The Hall–Kier alpha value is -1.82. The molecular weight excluding hydrogens is 238 g/mol. The summed E-state index contributed by atoms with van der Waals surface area (Å²) >= 11 is 0. The second-order valence-electron chi connectivity index (χ2n) is 4.27. The van der Waals surface area contributed by atoms with Crippen LogP contribution < -0.4 is 0 Å². The first-order valence-electron chi connectivity index (χ1n) is 5.74. The van der Waals surface area contributed by atoms with Gasteiger partial charge >= 0.3 is 5.97 Å². The van der Waals surface area contributed by atoms with Gasteiger partial charge in [0.1, 0.15) is 0 Å². The number of carboxylic acid groups (broad SMARTS) is 1. The Kier molecular flexibility index (Phi) is 3.66. The fourth-order valence-corrected chi connectivity index (χ4v) is 1.96. The molecular formula is C12H15NO5. The molecule has 1 amide bonds. The summed E-state index contributed by atoms with van der Waals surface area (Å²) < 4.78 is 10.5. The van der Waals surface area contributed by atoms with Crippen LogP contribution in [0.2, 0.25) is 0 Å². The highest BCUT2D eigenvalue weighted by molar-refractivity contribution is 5.93. The van der Waals surface area contributed by atoms with Crippen LogP contribution >= 0.6 is 0 Å². The van der Waals surface area contributed by atoms with E-state index in [0.717, 1.165) is 5.56 Å². The number of carbonyl (C=O) groups excluding carboxylic acids is 1. The van der Waals surface area contributed by atoms with Gasteiger partial charge in [0, 0.05) is 18.7 Å². The molecule has 1 fully saturated rings. The largest absolute Gasteiger partial charge is 0.481 e. The molecule has 1 aliphatic rings. The molecule has 0 radical (unpaired) electrons. The van der Waals surface area contributed by atoms with Gasteiger partial charge in [-0.15, -0.1) is 0 Å². The maximum absolute atomic E-state index is 12.1. The van der Waals surface area contributed by atoms with Crippen molar-refractivity contribution in [3.8, 4) is 0 Å². The maximum Gasteiger partial charge on any atom is 0.306 e. The van der Waals surface area contributed by atoms with Gasteiger partial charge in [-0.3, -0.25) is 9.59 Å². The number of carboxylic acids is 1. The lowest BCUT2D eigenvalue weighted by atomic mass is 10.2. The van der Waals surface area contributed by atoms with Gasteiger partial charge in [0.15, 0.2) is 5.76 Å². The van der Waals surface area contributed by atoms with E-state index in [1.54, 1.807) is 17.9 Å². The fraction of sp³-hybridized carbons (Fsp3) is 0.500. The van der Waals surface area contributed by atoms with Crippen LogP contribution in [0.15, 0.2) is 16.7 Å². The fourth-order valence-electron chi connectivity index (χ4n) is 1.96. The molecule has 1 N–H and O–H groups in total. The van der Waals surface area contributed by atoms with E-state index in [1.165, 1.54) is 6.26 Å². The lowest BCUT2D eigenvalue weighted by Crippen LogP contribution is -2.46. The van der Waals surface area contributed by atoms with Crippen molar-refractivity contribution in [1.82, 2.24) is 4.90 Å². The molecule has 1 aromatic heterocycles. The van der Waals surface area contributed by atoms with E-state index in [2.05, 4.69) is 0 Å². The third-order valence-electron chi connectivity index (χ3n) is 2.88. The van der Waals surface area contributed by atoms with Crippen LogP contribution in [0.25, 0.3) is 0 Å². The summed E-state index contributed by atoms with van der Waals surface area (Å²) in [4.78, 5) is 24.3. The number of aryl methyl sites for hydroxylation is 1. The van der Waals surface area contributed by atoms with Crippen LogP contribution in [0.3, 0.4) is 0 Å². The number of morpholine rings is 1. The zero-order valence-electron chi connectivity index (χ0n) is 10.1. The van der Waals surface area contributed by atoms with Gasteiger partial charge in [-0.05, 0) is 13.0 Å². The molecule has 0 spiro atoms. The quantitative estimate of drug-likeness (QED) is 0.865. The maximum atomic E-state index is 12.1. The van der Waals surface area contributed by atoms with Crippen molar-refractivity contribution >= 4 is 11.9 Å². The first-order valence-corrected chi connectivity index (χ1v) is 5.74. The van der Waals surface area contributed by atoms with Crippen LogP contribution in [-0.2, 0) is 9.53 Å². The first-order chi connectivity index (χ1) is 8.58. The van der Waals surface area contributed by atoms with Crippen LogP contribution in [0, 0.1) is 6.92 Å². The van der Waals surface area contributed by atoms with Crippen LogP contribution in [0.1, 0.15) is 22.5 Å². The third-order valence-corrected chi connectivity index (χ3v) is 2.88. The van der Waals surface area contributed by atoms with Gasteiger partial charge in [-0.2, -0.15) is 0 Å². The molecule has 6 nitrogen and oxygen atoms in total. The van der Waals surface area contributed by atoms with E-state index in [9.17, 15) is 9.59 Å². The summed E-state index contributed by atoms with van der Waals surface area (Å²) in [5.74, 6) is -0.828. The zero-order valence-corrected chi connectivity index (χ0v) is 10.1. The monoisotopic (exact) mass is 253 g/mol. The predicted molar refractivity (Wildman–Crippen MR) is 61.3 cm³/mol. The molecule has 98 valence electrons. The lowest BCUT2D eigenvalue weighted by Gasteiger charge is -2.31. The predicted octanol–water partition coefficient (Wildman–Crippen LogP) is 0.904. The molecule has 1 aliphatic heterocycles. The van der Waals surface area contributed by atoms with E-state index in [1.807, 2.05) is 0 Å². The molecule has 18 heavy (non-hydrogen) atoms. The van der Waals surface area contributed by atoms with Crippen LogP contribution in [0.4, 0.5) is 0 Å². The SMILES string of the molecule is Cc1ccoc1C(=O)N1CCO[C@H](CC(=O)O)C1. The second kappa shape index (κ2) is 5.22. The molecule has 0 aromatic carbocycles. The number of aliphatic carboxylic acids is 1. The van der Waals surface area contributed by atoms with E-state index in [4.69, 9.17) is 14.3 Å². The smallest absolute Gasteiger partial charge is 0.306 e. The minimum Gasteiger partial charge on any atom is -0.481 e. The van der Waals surface area contributed by atoms with Crippen molar-refractivity contribution in [3.63, 3.8) is 0 Å². The molecule has 0 unspecified atom stereocenters. The highest BCUT2D eigenvalue weighted by atomic mass is 16.5. The minimum atomic E-state index is -0.927. The standard InChI is InChI=1S/C12H15NO5/c1-8-2-4-18-11(8)12(16)13-3-5-17-9(7-13)6-10(14)15/h2,4,9H,3,5-7H2,1H3,(H,14,15)/t9-/m1/s1. The number of amides is 1. The summed E-state index contributed by atoms with van der Waals surface area (Å²) in [6, 6.07) is 1.72. The van der Waals surface area contributed by atoms with E-state index in [-0.39, 0.29) is 18.9 Å². The van der Waals surface area contributed by atoms with Crippen LogP contribution in [-0.4, -0.2) is 47.7 Å². The molecule has 6 heteroatoms. The Bertz CT molecular complexity index is 453. The number of hydrogen-bond donors (Lipinski definition) is 1. The molecule has 0 bridgehead atoms. The Morgan fingerprint density at radius 3 is 2.94 bits per heavy atom. The topological polar surface area (TPSA) is 80.0 Å². The van der Waals surface area contributed by atoms with E-state index in [0.29, 0.717) is 18.9 Å². The van der Waals surface area contributed by atoms with Gasteiger partial charge in [0.25, 0.3) is 5.91 Å². The number of rotatable bonds is 3. The number of furan rings is 1. The highest BCUT2D eigenvalue weighted by Crippen LogP contribution is 2.16. The third kappa shape index (κ3) is 2.70. The van der Waals surface area contributed by atoms with E-state index < -0.39 is 12.1 Å². The van der Waals surface area contributed by atoms with Gasteiger partial charge in [-0.1, -0.05) is 0 Å². The van der Waals surface area contributed by atoms with Gasteiger partial charge in [-0.25, -0.2) is 0 Å². The van der Waals surface area contributed by atoms with Gasteiger partial charge in [0.05, 0.1) is 25.4 Å². The number of ether oxygens (including phenoxy) is 1.